The molecule has 0 aromatic heterocycles. The molecule has 1 aromatic rings. The lowest BCUT2D eigenvalue weighted by Gasteiger charge is -2.09. The maximum atomic E-state index is 10.7. The molecule has 3 heteroatoms. The van der Waals surface area contributed by atoms with Gasteiger partial charge < -0.3 is 9.84 Å². The first kappa shape index (κ1) is 10.7. The minimum atomic E-state index is -0.500. The average molecular weight is 194 g/mol. The molecule has 1 aromatic carbocycles. The predicted octanol–water partition coefficient (Wildman–Crippen LogP) is 1.97. The van der Waals surface area contributed by atoms with Crippen LogP contribution in [0.2, 0.25) is 0 Å². The van der Waals surface area contributed by atoms with Crippen LogP contribution in [0.4, 0.5) is 0 Å². The van der Waals surface area contributed by atoms with Crippen LogP contribution in [0, 0.1) is 6.92 Å². The van der Waals surface area contributed by atoms with Crippen LogP contribution >= 0.6 is 0 Å². The molecule has 1 unspecified atom stereocenters. The Morgan fingerprint density at radius 2 is 2.14 bits per heavy atom. The van der Waals surface area contributed by atoms with Crippen molar-refractivity contribution in [3.63, 3.8) is 0 Å². The monoisotopic (exact) mass is 194 g/mol. The third-order valence-electron chi connectivity index (χ3n) is 1.94. The smallest absolute Gasteiger partial charge is 0.308 e. The lowest BCUT2D eigenvalue weighted by molar-refractivity contribution is -0.131. The predicted molar refractivity (Wildman–Crippen MR) is 53.1 cm³/mol. The Morgan fingerprint density at radius 1 is 1.50 bits per heavy atom. The van der Waals surface area contributed by atoms with Gasteiger partial charge in [0, 0.05) is 6.92 Å². The van der Waals surface area contributed by atoms with E-state index in [-0.39, 0.29) is 5.97 Å². The molecule has 0 heterocycles. The SMILES string of the molecule is CC(=O)Oc1ccc(C(C)O)cc1C. The molecule has 14 heavy (non-hydrogen) atoms. The highest BCUT2D eigenvalue weighted by Gasteiger charge is 2.06. The first-order chi connectivity index (χ1) is 6.50. The van der Waals surface area contributed by atoms with Gasteiger partial charge in [-0.1, -0.05) is 6.07 Å². The number of esters is 1. The second-order valence-corrected chi connectivity index (χ2v) is 3.29. The third kappa shape index (κ3) is 2.57. The van der Waals surface area contributed by atoms with Gasteiger partial charge in [-0.05, 0) is 37.1 Å². The Balaban J connectivity index is 2.95. The second-order valence-electron chi connectivity index (χ2n) is 3.29. The molecule has 0 aliphatic rings. The van der Waals surface area contributed by atoms with Gasteiger partial charge in [-0.15, -0.1) is 0 Å². The van der Waals surface area contributed by atoms with Crippen LogP contribution in [0.3, 0.4) is 0 Å². The van der Waals surface area contributed by atoms with Crippen molar-refractivity contribution in [1.29, 1.82) is 0 Å². The van der Waals surface area contributed by atoms with E-state index in [9.17, 15) is 9.90 Å². The van der Waals surface area contributed by atoms with E-state index in [0.29, 0.717) is 5.75 Å². The Kier molecular flexibility index (Phi) is 3.25. The van der Waals surface area contributed by atoms with Gasteiger partial charge in [0.05, 0.1) is 6.10 Å². The Morgan fingerprint density at radius 3 is 2.57 bits per heavy atom. The highest BCUT2D eigenvalue weighted by Crippen LogP contribution is 2.22. The molecule has 1 N–H and O–H groups in total. The third-order valence-corrected chi connectivity index (χ3v) is 1.94. The van der Waals surface area contributed by atoms with Crippen molar-refractivity contribution in [2.45, 2.75) is 26.9 Å². The molecule has 0 aliphatic carbocycles. The molecule has 0 radical (unpaired) electrons. The highest BCUT2D eigenvalue weighted by atomic mass is 16.5. The summed E-state index contributed by atoms with van der Waals surface area (Å²) in [7, 11) is 0. The van der Waals surface area contributed by atoms with Gasteiger partial charge >= 0.3 is 5.97 Å². The first-order valence-corrected chi connectivity index (χ1v) is 4.47. The summed E-state index contributed by atoms with van der Waals surface area (Å²) < 4.78 is 4.96. The first-order valence-electron chi connectivity index (χ1n) is 4.47. The zero-order valence-corrected chi connectivity index (χ0v) is 8.57. The number of benzene rings is 1. The summed E-state index contributed by atoms with van der Waals surface area (Å²) in [5, 5.41) is 9.31. The number of carbonyl (C=O) groups is 1. The summed E-state index contributed by atoms with van der Waals surface area (Å²) in [6.07, 6.45) is -0.500. The van der Waals surface area contributed by atoms with Gasteiger partial charge in [0.2, 0.25) is 0 Å². The zero-order valence-electron chi connectivity index (χ0n) is 8.57. The Hall–Kier alpha value is -1.35. The average Bonchev–Trinajstić information content (AvgIpc) is 2.07. The van der Waals surface area contributed by atoms with Gasteiger partial charge in [0.25, 0.3) is 0 Å². The number of carbonyl (C=O) groups excluding carboxylic acids is 1. The van der Waals surface area contributed by atoms with Crippen molar-refractivity contribution in [3.8, 4) is 5.75 Å². The van der Waals surface area contributed by atoms with Crippen molar-refractivity contribution in [2.75, 3.05) is 0 Å². The summed E-state index contributed by atoms with van der Waals surface area (Å²) in [6.45, 7) is 4.90. The van der Waals surface area contributed by atoms with Gasteiger partial charge in [0.1, 0.15) is 5.75 Å². The van der Waals surface area contributed by atoms with Crippen molar-refractivity contribution in [3.05, 3.63) is 29.3 Å². The van der Waals surface area contributed by atoms with Crippen LogP contribution in [0.5, 0.6) is 5.75 Å². The molecule has 0 saturated heterocycles. The summed E-state index contributed by atoms with van der Waals surface area (Å²) in [6, 6.07) is 5.25. The van der Waals surface area contributed by atoms with Crippen LogP contribution < -0.4 is 4.74 Å². The van der Waals surface area contributed by atoms with E-state index in [0.717, 1.165) is 11.1 Å². The van der Waals surface area contributed by atoms with E-state index in [4.69, 9.17) is 4.74 Å². The van der Waals surface area contributed by atoms with Crippen molar-refractivity contribution in [1.82, 2.24) is 0 Å². The number of rotatable bonds is 2. The molecule has 0 bridgehead atoms. The van der Waals surface area contributed by atoms with E-state index < -0.39 is 6.10 Å². The van der Waals surface area contributed by atoms with Gasteiger partial charge in [0.15, 0.2) is 0 Å². The fourth-order valence-electron chi connectivity index (χ4n) is 1.20. The lowest BCUT2D eigenvalue weighted by Crippen LogP contribution is -2.03. The standard InChI is InChI=1S/C11H14O3/c1-7-6-10(8(2)12)4-5-11(7)14-9(3)13/h4-6,8,12H,1-3H3. The molecule has 0 spiro atoms. The van der Waals surface area contributed by atoms with Crippen LogP contribution in [-0.4, -0.2) is 11.1 Å². The highest BCUT2D eigenvalue weighted by molar-refractivity contribution is 5.69. The summed E-state index contributed by atoms with van der Waals surface area (Å²) in [5.74, 6) is 0.208. The topological polar surface area (TPSA) is 46.5 Å². The molecule has 1 rings (SSSR count). The molecular formula is C11H14O3. The molecular weight excluding hydrogens is 180 g/mol. The van der Waals surface area contributed by atoms with Gasteiger partial charge in [-0.3, -0.25) is 4.79 Å². The van der Waals surface area contributed by atoms with E-state index in [1.807, 2.05) is 13.0 Å². The molecule has 0 fully saturated rings. The number of hydrogen-bond acceptors (Lipinski definition) is 3. The Bertz CT molecular complexity index is 342. The van der Waals surface area contributed by atoms with Crippen molar-refractivity contribution in [2.24, 2.45) is 0 Å². The molecule has 1 atom stereocenters. The van der Waals surface area contributed by atoms with Crippen LogP contribution in [-0.2, 0) is 4.79 Å². The van der Waals surface area contributed by atoms with E-state index in [1.54, 1.807) is 19.1 Å². The fourth-order valence-corrected chi connectivity index (χ4v) is 1.20. The molecule has 0 saturated carbocycles. The van der Waals surface area contributed by atoms with Gasteiger partial charge in [-0.2, -0.15) is 0 Å². The molecule has 76 valence electrons. The maximum Gasteiger partial charge on any atom is 0.308 e. The summed E-state index contributed by atoms with van der Waals surface area (Å²) >= 11 is 0. The number of aryl methyl sites for hydroxylation is 1. The maximum absolute atomic E-state index is 10.7. The van der Waals surface area contributed by atoms with Crippen molar-refractivity contribution < 1.29 is 14.6 Å². The fraction of sp³-hybridized carbons (Fsp3) is 0.364. The van der Waals surface area contributed by atoms with Crippen LogP contribution in [0.25, 0.3) is 0 Å². The normalized spacial score (nSPS) is 12.3. The number of aliphatic hydroxyl groups is 1. The van der Waals surface area contributed by atoms with Crippen molar-refractivity contribution >= 4 is 5.97 Å². The van der Waals surface area contributed by atoms with E-state index in [1.165, 1.54) is 6.92 Å². The Labute approximate surface area is 83.3 Å². The molecule has 0 amide bonds. The van der Waals surface area contributed by atoms with Crippen LogP contribution in [0.1, 0.15) is 31.1 Å². The molecule has 3 nitrogen and oxygen atoms in total. The number of aliphatic hydroxyl groups excluding tert-OH is 1. The minimum absolute atomic E-state index is 0.335. The van der Waals surface area contributed by atoms with E-state index >= 15 is 0 Å². The molecule has 0 aliphatic heterocycles. The number of hydrogen-bond donors (Lipinski definition) is 1. The van der Waals surface area contributed by atoms with E-state index in [2.05, 4.69) is 0 Å². The summed E-state index contributed by atoms with van der Waals surface area (Å²) in [5.41, 5.74) is 1.66. The second kappa shape index (κ2) is 4.24. The summed E-state index contributed by atoms with van der Waals surface area (Å²) in [4.78, 5) is 10.7. The largest absolute Gasteiger partial charge is 0.426 e. The van der Waals surface area contributed by atoms with Gasteiger partial charge in [-0.25, -0.2) is 0 Å². The van der Waals surface area contributed by atoms with Crippen LogP contribution in [0.15, 0.2) is 18.2 Å². The lowest BCUT2D eigenvalue weighted by atomic mass is 10.1. The zero-order chi connectivity index (χ0) is 10.7. The number of ether oxygens (including phenoxy) is 1. The minimum Gasteiger partial charge on any atom is -0.426 e. The quantitative estimate of drug-likeness (QED) is 0.578.